The molecule has 2 aromatic rings. The lowest BCUT2D eigenvalue weighted by atomic mass is 9.81. The number of primary amides is 1. The third-order valence-electron chi connectivity index (χ3n) is 5.31. The number of nitrogens with one attached hydrogen (secondary N) is 1. The minimum atomic E-state index is -0.606. The molecule has 2 aromatic carbocycles. The summed E-state index contributed by atoms with van der Waals surface area (Å²) in [6.07, 6.45) is 5.35. The van der Waals surface area contributed by atoms with Gasteiger partial charge in [-0.3, -0.25) is 14.4 Å². The van der Waals surface area contributed by atoms with Crippen molar-refractivity contribution >= 4 is 23.2 Å². The Bertz CT molecular complexity index is 927. The maximum atomic E-state index is 13.1. The molecule has 2 aliphatic carbocycles. The fourth-order valence-electron chi connectivity index (χ4n) is 3.99. The second-order valence-electron chi connectivity index (χ2n) is 6.96. The standard InChI is InChI=1S/C21H20N2O3/c22-21(26)16-11-10-15-17(18(16)23-12-6-2-1-3-7-12)20(25)14-9-5-4-8-13(14)19(15)24/h4-5,8-12,23H,1-3,6-7H2,(H2,22,26). The Morgan fingerprint density at radius 1 is 0.885 bits per heavy atom. The van der Waals surface area contributed by atoms with E-state index in [1.807, 2.05) is 0 Å². The minimum Gasteiger partial charge on any atom is -0.381 e. The second kappa shape index (κ2) is 6.41. The topological polar surface area (TPSA) is 89.3 Å². The molecule has 0 radical (unpaired) electrons. The minimum absolute atomic E-state index is 0.174. The molecule has 132 valence electrons. The van der Waals surface area contributed by atoms with E-state index in [9.17, 15) is 14.4 Å². The maximum absolute atomic E-state index is 13.1. The number of rotatable bonds is 3. The van der Waals surface area contributed by atoms with Crippen LogP contribution in [0.1, 0.15) is 74.3 Å². The average Bonchev–Trinajstić information content (AvgIpc) is 2.66. The van der Waals surface area contributed by atoms with Crippen LogP contribution in [0.3, 0.4) is 0 Å². The van der Waals surface area contributed by atoms with E-state index >= 15 is 0 Å². The molecule has 5 heteroatoms. The molecule has 3 N–H and O–H groups in total. The summed E-state index contributed by atoms with van der Waals surface area (Å²) >= 11 is 0. The number of carbonyl (C=O) groups excluding carboxylic acids is 3. The molecule has 2 aliphatic rings. The zero-order valence-electron chi connectivity index (χ0n) is 14.4. The number of carbonyl (C=O) groups is 3. The van der Waals surface area contributed by atoms with Crippen LogP contribution in [-0.4, -0.2) is 23.5 Å². The maximum Gasteiger partial charge on any atom is 0.250 e. The van der Waals surface area contributed by atoms with Crippen LogP contribution in [0.4, 0.5) is 5.69 Å². The molecule has 0 unspecified atom stereocenters. The number of fused-ring (bicyclic) bond motifs is 2. The van der Waals surface area contributed by atoms with Gasteiger partial charge in [0.25, 0.3) is 5.91 Å². The number of benzene rings is 2. The highest BCUT2D eigenvalue weighted by atomic mass is 16.1. The molecule has 1 fully saturated rings. The summed E-state index contributed by atoms with van der Waals surface area (Å²) < 4.78 is 0. The number of ketones is 2. The van der Waals surface area contributed by atoms with E-state index in [2.05, 4.69) is 5.32 Å². The van der Waals surface area contributed by atoms with Gasteiger partial charge in [0, 0.05) is 22.7 Å². The first kappa shape index (κ1) is 16.5. The molecule has 4 rings (SSSR count). The summed E-state index contributed by atoms with van der Waals surface area (Å²) in [4.78, 5) is 38.0. The van der Waals surface area contributed by atoms with Crippen LogP contribution in [0.5, 0.6) is 0 Å². The molecular formula is C21H20N2O3. The van der Waals surface area contributed by atoms with Gasteiger partial charge in [-0.15, -0.1) is 0 Å². The highest BCUT2D eigenvalue weighted by molar-refractivity contribution is 6.31. The molecule has 1 amide bonds. The number of hydrogen-bond donors (Lipinski definition) is 2. The Morgan fingerprint density at radius 2 is 1.54 bits per heavy atom. The highest BCUT2D eigenvalue weighted by Crippen LogP contribution is 2.35. The fourth-order valence-corrected chi connectivity index (χ4v) is 3.99. The third-order valence-corrected chi connectivity index (χ3v) is 5.31. The highest BCUT2D eigenvalue weighted by Gasteiger charge is 2.34. The van der Waals surface area contributed by atoms with Crippen molar-refractivity contribution in [3.05, 3.63) is 64.2 Å². The zero-order valence-corrected chi connectivity index (χ0v) is 14.4. The summed E-state index contributed by atoms with van der Waals surface area (Å²) in [6, 6.07) is 10.1. The summed E-state index contributed by atoms with van der Waals surface area (Å²) in [7, 11) is 0. The average molecular weight is 348 g/mol. The number of anilines is 1. The van der Waals surface area contributed by atoms with Gasteiger partial charge in [0.2, 0.25) is 0 Å². The molecule has 0 aliphatic heterocycles. The monoisotopic (exact) mass is 348 g/mol. The van der Waals surface area contributed by atoms with Gasteiger partial charge in [-0.05, 0) is 25.0 Å². The van der Waals surface area contributed by atoms with Crippen LogP contribution >= 0.6 is 0 Å². The Balaban J connectivity index is 1.88. The van der Waals surface area contributed by atoms with Gasteiger partial charge in [-0.1, -0.05) is 43.5 Å². The van der Waals surface area contributed by atoms with E-state index in [4.69, 9.17) is 5.73 Å². The van der Waals surface area contributed by atoms with Crippen molar-refractivity contribution in [3.63, 3.8) is 0 Å². The number of amides is 1. The van der Waals surface area contributed by atoms with Gasteiger partial charge in [-0.25, -0.2) is 0 Å². The molecule has 1 saturated carbocycles. The summed E-state index contributed by atoms with van der Waals surface area (Å²) in [6.45, 7) is 0. The molecule has 0 aromatic heterocycles. The van der Waals surface area contributed by atoms with Crippen LogP contribution in [0.25, 0.3) is 0 Å². The van der Waals surface area contributed by atoms with Gasteiger partial charge in [-0.2, -0.15) is 0 Å². The summed E-state index contributed by atoms with van der Waals surface area (Å²) in [5.74, 6) is -1.04. The van der Waals surface area contributed by atoms with Crippen LogP contribution in [0.15, 0.2) is 36.4 Å². The molecular weight excluding hydrogens is 328 g/mol. The van der Waals surface area contributed by atoms with Gasteiger partial charge >= 0.3 is 0 Å². The quantitative estimate of drug-likeness (QED) is 0.760. The molecule has 0 atom stereocenters. The summed E-state index contributed by atoms with van der Waals surface area (Å²) in [5, 5.41) is 3.37. The van der Waals surface area contributed by atoms with Crippen molar-refractivity contribution in [3.8, 4) is 0 Å². The molecule has 26 heavy (non-hydrogen) atoms. The Morgan fingerprint density at radius 3 is 2.19 bits per heavy atom. The van der Waals surface area contributed by atoms with Crippen LogP contribution < -0.4 is 11.1 Å². The largest absolute Gasteiger partial charge is 0.381 e. The van der Waals surface area contributed by atoms with E-state index in [1.165, 1.54) is 12.5 Å². The third kappa shape index (κ3) is 2.60. The predicted molar refractivity (Wildman–Crippen MR) is 98.8 cm³/mol. The molecule has 0 bridgehead atoms. The first-order valence-corrected chi connectivity index (χ1v) is 8.99. The van der Waals surface area contributed by atoms with Crippen LogP contribution in [0.2, 0.25) is 0 Å². The second-order valence-corrected chi connectivity index (χ2v) is 6.96. The van der Waals surface area contributed by atoms with Crippen molar-refractivity contribution in [2.75, 3.05) is 5.32 Å². The molecule has 0 saturated heterocycles. The lowest BCUT2D eigenvalue weighted by Gasteiger charge is -2.28. The van der Waals surface area contributed by atoms with E-state index in [0.717, 1.165) is 25.7 Å². The zero-order chi connectivity index (χ0) is 18.3. The lowest BCUT2D eigenvalue weighted by Crippen LogP contribution is -2.29. The number of nitrogens with two attached hydrogens (primary N) is 1. The van der Waals surface area contributed by atoms with E-state index < -0.39 is 5.91 Å². The van der Waals surface area contributed by atoms with Gasteiger partial charge in [0.05, 0.1) is 16.8 Å². The first-order valence-electron chi connectivity index (χ1n) is 8.99. The smallest absolute Gasteiger partial charge is 0.250 e. The van der Waals surface area contributed by atoms with Gasteiger partial charge in [0.1, 0.15) is 0 Å². The van der Waals surface area contributed by atoms with Crippen LogP contribution in [0, 0.1) is 0 Å². The molecule has 0 spiro atoms. The van der Waals surface area contributed by atoms with Crippen LogP contribution in [-0.2, 0) is 0 Å². The SMILES string of the molecule is NC(=O)c1ccc2c(c1NC1CCCCC1)C(=O)c1ccccc1C2=O. The predicted octanol–water partition coefficient (Wildman–Crippen LogP) is 3.31. The Kier molecular flexibility index (Phi) is 4.07. The van der Waals surface area contributed by atoms with Crippen molar-refractivity contribution in [2.24, 2.45) is 5.73 Å². The van der Waals surface area contributed by atoms with E-state index in [-0.39, 0.29) is 28.7 Å². The first-order chi connectivity index (χ1) is 12.6. The van der Waals surface area contributed by atoms with Gasteiger partial charge < -0.3 is 11.1 Å². The Labute approximate surface area is 151 Å². The van der Waals surface area contributed by atoms with Crippen molar-refractivity contribution in [1.82, 2.24) is 0 Å². The van der Waals surface area contributed by atoms with Crippen molar-refractivity contribution < 1.29 is 14.4 Å². The Hall–Kier alpha value is -2.95. The molecule has 0 heterocycles. The number of hydrogen-bond acceptors (Lipinski definition) is 4. The van der Waals surface area contributed by atoms with Gasteiger partial charge in [0.15, 0.2) is 11.6 Å². The summed E-state index contributed by atoms with van der Waals surface area (Å²) in [5.41, 5.74) is 7.60. The van der Waals surface area contributed by atoms with E-state index in [0.29, 0.717) is 22.4 Å². The lowest BCUT2D eigenvalue weighted by molar-refractivity contribution is 0.0977. The van der Waals surface area contributed by atoms with Crippen molar-refractivity contribution in [1.29, 1.82) is 0 Å². The van der Waals surface area contributed by atoms with E-state index in [1.54, 1.807) is 30.3 Å². The fraction of sp³-hybridized carbons (Fsp3) is 0.286. The normalized spacial score (nSPS) is 16.8. The molecule has 5 nitrogen and oxygen atoms in total. The van der Waals surface area contributed by atoms with Crippen molar-refractivity contribution in [2.45, 2.75) is 38.1 Å².